The number of ether oxygens (including phenoxy) is 1. The van der Waals surface area contributed by atoms with Crippen molar-refractivity contribution in [2.75, 3.05) is 12.8 Å². The molecular weight excluding hydrogens is 288 g/mol. The lowest BCUT2D eigenvalue weighted by Crippen LogP contribution is -1.92. The molecule has 3 rings (SSSR count). The van der Waals surface area contributed by atoms with Crippen molar-refractivity contribution in [1.29, 1.82) is 0 Å². The predicted octanol–water partition coefficient (Wildman–Crippen LogP) is 4.25. The number of hydrogen-bond donors (Lipinski definition) is 1. The van der Waals surface area contributed by atoms with E-state index in [4.69, 9.17) is 26.6 Å². The summed E-state index contributed by atoms with van der Waals surface area (Å²) in [6, 6.07) is 15.0. The number of nitrogens with two attached hydrogens (primary N) is 1. The van der Waals surface area contributed by atoms with Crippen LogP contribution in [0.5, 0.6) is 5.75 Å². The molecule has 2 N–H and O–H groups in total. The van der Waals surface area contributed by atoms with Gasteiger partial charge in [0.2, 0.25) is 5.88 Å². The molecule has 0 aliphatic rings. The summed E-state index contributed by atoms with van der Waals surface area (Å²) < 4.78 is 10.6. The second-order valence-corrected chi connectivity index (χ2v) is 4.92. The van der Waals surface area contributed by atoms with E-state index in [2.05, 4.69) is 5.16 Å². The molecule has 0 bridgehead atoms. The Morgan fingerprint density at radius 3 is 2.71 bits per heavy atom. The third-order valence-electron chi connectivity index (χ3n) is 3.19. The van der Waals surface area contributed by atoms with Crippen molar-refractivity contribution in [3.8, 4) is 28.1 Å². The minimum absolute atomic E-state index is 0.245. The normalized spacial score (nSPS) is 10.6. The van der Waals surface area contributed by atoms with E-state index in [0.717, 1.165) is 11.1 Å². The molecule has 5 heteroatoms. The molecule has 1 aromatic heterocycles. The average molecular weight is 301 g/mol. The molecule has 4 nitrogen and oxygen atoms in total. The van der Waals surface area contributed by atoms with Gasteiger partial charge < -0.3 is 15.0 Å². The lowest BCUT2D eigenvalue weighted by molar-refractivity contribution is 0.416. The number of para-hydroxylation sites is 1. The van der Waals surface area contributed by atoms with E-state index in [1.807, 2.05) is 42.5 Å². The van der Waals surface area contributed by atoms with Gasteiger partial charge in [-0.05, 0) is 18.2 Å². The van der Waals surface area contributed by atoms with E-state index in [1.165, 1.54) is 0 Å². The third kappa shape index (κ3) is 2.45. The Morgan fingerprint density at radius 2 is 1.95 bits per heavy atom. The molecule has 0 amide bonds. The van der Waals surface area contributed by atoms with Crippen molar-refractivity contribution in [2.24, 2.45) is 0 Å². The van der Waals surface area contributed by atoms with Crippen LogP contribution in [0.4, 0.5) is 5.88 Å². The van der Waals surface area contributed by atoms with Crippen LogP contribution < -0.4 is 10.5 Å². The van der Waals surface area contributed by atoms with Gasteiger partial charge >= 0.3 is 0 Å². The minimum Gasteiger partial charge on any atom is -0.496 e. The Balaban J connectivity index is 2.22. The van der Waals surface area contributed by atoms with Gasteiger partial charge in [-0.3, -0.25) is 0 Å². The minimum atomic E-state index is 0.245. The predicted molar refractivity (Wildman–Crippen MR) is 83.3 cm³/mol. The van der Waals surface area contributed by atoms with Gasteiger partial charge in [0.25, 0.3) is 0 Å². The number of aromatic nitrogens is 1. The average Bonchev–Trinajstić information content (AvgIpc) is 2.89. The fraction of sp³-hybridized carbons (Fsp3) is 0.0625. The molecule has 0 saturated carbocycles. The molecule has 0 radical (unpaired) electrons. The van der Waals surface area contributed by atoms with E-state index in [0.29, 0.717) is 22.0 Å². The molecule has 0 unspecified atom stereocenters. The largest absolute Gasteiger partial charge is 0.496 e. The van der Waals surface area contributed by atoms with E-state index in [9.17, 15) is 0 Å². The molecule has 0 saturated heterocycles. The van der Waals surface area contributed by atoms with Crippen LogP contribution in [0.15, 0.2) is 53.1 Å². The molecule has 0 fully saturated rings. The summed E-state index contributed by atoms with van der Waals surface area (Å²) in [7, 11) is 1.61. The first-order valence-electron chi connectivity index (χ1n) is 6.35. The monoisotopic (exact) mass is 300 g/mol. The summed E-state index contributed by atoms with van der Waals surface area (Å²) in [6.45, 7) is 0. The SMILES string of the molecule is COc1ccccc1-c1c(-c2cccc(Cl)c2)noc1N. The fourth-order valence-electron chi connectivity index (χ4n) is 2.25. The van der Waals surface area contributed by atoms with Crippen LogP contribution in [-0.2, 0) is 0 Å². The highest BCUT2D eigenvalue weighted by molar-refractivity contribution is 6.30. The second kappa shape index (κ2) is 5.50. The number of halogens is 1. The van der Waals surface area contributed by atoms with Gasteiger partial charge in [-0.25, -0.2) is 0 Å². The summed E-state index contributed by atoms with van der Waals surface area (Å²) in [5, 5.41) is 4.69. The molecular formula is C16H13ClN2O2. The zero-order valence-electron chi connectivity index (χ0n) is 11.3. The van der Waals surface area contributed by atoms with Crippen molar-refractivity contribution in [2.45, 2.75) is 0 Å². The van der Waals surface area contributed by atoms with Crippen LogP contribution in [0, 0.1) is 0 Å². The van der Waals surface area contributed by atoms with Crippen LogP contribution in [0.2, 0.25) is 5.02 Å². The van der Waals surface area contributed by atoms with E-state index < -0.39 is 0 Å². The lowest BCUT2D eigenvalue weighted by Gasteiger charge is -2.08. The first kappa shape index (κ1) is 13.5. The van der Waals surface area contributed by atoms with Gasteiger partial charge in [-0.15, -0.1) is 0 Å². The van der Waals surface area contributed by atoms with E-state index in [-0.39, 0.29) is 5.88 Å². The first-order chi connectivity index (χ1) is 10.2. The number of hydrogen-bond acceptors (Lipinski definition) is 4. The van der Waals surface area contributed by atoms with Crippen molar-refractivity contribution in [3.05, 3.63) is 53.6 Å². The maximum absolute atomic E-state index is 6.04. The van der Waals surface area contributed by atoms with Gasteiger partial charge in [-0.1, -0.05) is 47.1 Å². The van der Waals surface area contributed by atoms with Crippen molar-refractivity contribution < 1.29 is 9.26 Å². The topological polar surface area (TPSA) is 61.3 Å². The number of nitrogen functional groups attached to an aromatic ring is 1. The zero-order valence-corrected chi connectivity index (χ0v) is 12.1. The van der Waals surface area contributed by atoms with Gasteiger partial charge in [0.15, 0.2) is 0 Å². The van der Waals surface area contributed by atoms with Gasteiger partial charge in [0, 0.05) is 16.1 Å². The summed E-state index contributed by atoms with van der Waals surface area (Å²) in [5.74, 6) is 0.949. The molecule has 0 spiro atoms. The molecule has 0 aliphatic heterocycles. The highest BCUT2D eigenvalue weighted by Crippen LogP contribution is 2.40. The van der Waals surface area contributed by atoms with Crippen LogP contribution >= 0.6 is 11.6 Å². The number of methoxy groups -OCH3 is 1. The molecule has 0 atom stereocenters. The Kier molecular flexibility index (Phi) is 3.54. The summed E-state index contributed by atoms with van der Waals surface area (Å²) >= 11 is 6.04. The number of benzene rings is 2. The van der Waals surface area contributed by atoms with Crippen LogP contribution in [-0.4, -0.2) is 12.3 Å². The fourth-order valence-corrected chi connectivity index (χ4v) is 2.44. The molecule has 0 aliphatic carbocycles. The summed E-state index contributed by atoms with van der Waals surface area (Å²) in [4.78, 5) is 0. The maximum atomic E-state index is 6.04. The first-order valence-corrected chi connectivity index (χ1v) is 6.73. The van der Waals surface area contributed by atoms with Crippen molar-refractivity contribution >= 4 is 17.5 Å². The third-order valence-corrected chi connectivity index (χ3v) is 3.43. The van der Waals surface area contributed by atoms with E-state index >= 15 is 0 Å². The summed E-state index contributed by atoms with van der Waals surface area (Å²) in [6.07, 6.45) is 0. The second-order valence-electron chi connectivity index (χ2n) is 4.48. The van der Waals surface area contributed by atoms with Crippen LogP contribution in [0.3, 0.4) is 0 Å². The quantitative estimate of drug-likeness (QED) is 0.785. The van der Waals surface area contributed by atoms with E-state index in [1.54, 1.807) is 13.2 Å². The number of rotatable bonds is 3. The zero-order chi connectivity index (χ0) is 14.8. The van der Waals surface area contributed by atoms with Gasteiger partial charge in [0.05, 0.1) is 12.7 Å². The lowest BCUT2D eigenvalue weighted by atomic mass is 10.00. The summed E-state index contributed by atoms with van der Waals surface area (Å²) in [5.41, 5.74) is 8.96. The Bertz CT molecular complexity index is 783. The maximum Gasteiger partial charge on any atom is 0.230 e. The van der Waals surface area contributed by atoms with Gasteiger partial charge in [-0.2, -0.15) is 0 Å². The number of nitrogens with zero attached hydrogens (tertiary/aromatic N) is 1. The standard InChI is InChI=1S/C16H13ClN2O2/c1-20-13-8-3-2-7-12(13)14-15(19-21-16(14)18)10-5-4-6-11(17)9-10/h2-9H,18H2,1H3. The molecule has 2 aromatic carbocycles. The Labute approximate surface area is 127 Å². The van der Waals surface area contributed by atoms with Crippen LogP contribution in [0.25, 0.3) is 22.4 Å². The van der Waals surface area contributed by atoms with Crippen LogP contribution in [0.1, 0.15) is 0 Å². The highest BCUT2D eigenvalue weighted by Gasteiger charge is 2.20. The van der Waals surface area contributed by atoms with Crippen molar-refractivity contribution in [3.63, 3.8) is 0 Å². The Morgan fingerprint density at radius 1 is 1.14 bits per heavy atom. The number of anilines is 1. The van der Waals surface area contributed by atoms with Crippen molar-refractivity contribution in [1.82, 2.24) is 5.16 Å². The molecule has 1 heterocycles. The highest BCUT2D eigenvalue weighted by atomic mass is 35.5. The molecule has 3 aromatic rings. The molecule has 106 valence electrons. The Hall–Kier alpha value is -2.46. The smallest absolute Gasteiger partial charge is 0.230 e. The van der Waals surface area contributed by atoms with Gasteiger partial charge in [0.1, 0.15) is 11.4 Å². The molecule has 21 heavy (non-hydrogen) atoms.